The Kier molecular flexibility index (Phi) is 3.97. The Bertz CT molecular complexity index is 531. The number of aromatic nitrogens is 2. The zero-order valence-electron chi connectivity index (χ0n) is 9.24. The average Bonchev–Trinajstić information content (AvgIpc) is 2.34. The van der Waals surface area contributed by atoms with E-state index in [4.69, 9.17) is 11.6 Å². The highest BCUT2D eigenvalue weighted by atomic mass is 79.9. The molecule has 0 saturated carbocycles. The Hall–Kier alpha value is -1.13. The molecule has 1 heterocycles. The van der Waals surface area contributed by atoms with E-state index in [0.29, 0.717) is 5.02 Å². The lowest BCUT2D eigenvalue weighted by atomic mass is 10.1. The van der Waals surface area contributed by atoms with Crippen LogP contribution in [0.15, 0.2) is 35.1 Å². The summed E-state index contributed by atoms with van der Waals surface area (Å²) in [7, 11) is 0. The first-order chi connectivity index (χ1) is 8.22. The van der Waals surface area contributed by atoms with Gasteiger partial charge in [0.15, 0.2) is 5.82 Å². The third-order valence-corrected chi connectivity index (χ3v) is 3.15. The van der Waals surface area contributed by atoms with Crippen LogP contribution in [0.1, 0.15) is 6.92 Å². The summed E-state index contributed by atoms with van der Waals surface area (Å²) < 4.78 is 0.946. The zero-order valence-corrected chi connectivity index (χ0v) is 11.6. The molecule has 1 N–H and O–H groups in total. The number of anilines is 1. The van der Waals surface area contributed by atoms with Crippen LogP contribution in [0.2, 0.25) is 5.02 Å². The third-order valence-electron chi connectivity index (χ3n) is 2.23. The van der Waals surface area contributed by atoms with Gasteiger partial charge >= 0.3 is 0 Å². The Labute approximate surface area is 113 Å². The van der Waals surface area contributed by atoms with Crippen LogP contribution in [0.25, 0.3) is 11.3 Å². The first-order valence-corrected chi connectivity index (χ1v) is 6.39. The van der Waals surface area contributed by atoms with E-state index in [0.717, 1.165) is 28.1 Å². The maximum atomic E-state index is 6.01. The molecule has 0 aliphatic heterocycles. The molecule has 5 heteroatoms. The van der Waals surface area contributed by atoms with Crippen molar-refractivity contribution in [3.05, 3.63) is 40.1 Å². The van der Waals surface area contributed by atoms with Crippen LogP contribution < -0.4 is 5.32 Å². The summed E-state index contributed by atoms with van der Waals surface area (Å²) in [5.74, 6) is 0.762. The van der Waals surface area contributed by atoms with Gasteiger partial charge in [-0.15, -0.1) is 0 Å². The number of nitrogens with zero attached hydrogens (tertiary/aromatic N) is 2. The van der Waals surface area contributed by atoms with Crippen molar-refractivity contribution in [1.82, 2.24) is 9.97 Å². The summed E-state index contributed by atoms with van der Waals surface area (Å²) in [6.45, 7) is 2.81. The third kappa shape index (κ3) is 2.76. The number of hydrogen-bond donors (Lipinski definition) is 1. The molecule has 88 valence electrons. The van der Waals surface area contributed by atoms with Gasteiger partial charge in [0, 0.05) is 34.0 Å². The van der Waals surface area contributed by atoms with Crippen LogP contribution in [0.4, 0.5) is 5.82 Å². The van der Waals surface area contributed by atoms with Gasteiger partial charge in [0.05, 0.1) is 0 Å². The van der Waals surface area contributed by atoms with E-state index >= 15 is 0 Å². The number of hydrogen-bond acceptors (Lipinski definition) is 3. The van der Waals surface area contributed by atoms with E-state index in [9.17, 15) is 0 Å². The quantitative estimate of drug-likeness (QED) is 0.931. The summed E-state index contributed by atoms with van der Waals surface area (Å²) in [4.78, 5) is 8.63. The normalized spacial score (nSPS) is 10.3. The van der Waals surface area contributed by atoms with Crippen molar-refractivity contribution in [3.8, 4) is 11.3 Å². The van der Waals surface area contributed by atoms with Crippen molar-refractivity contribution >= 4 is 33.3 Å². The smallest absolute Gasteiger partial charge is 0.152 e. The summed E-state index contributed by atoms with van der Waals surface area (Å²) >= 11 is 9.50. The largest absolute Gasteiger partial charge is 0.369 e. The highest BCUT2D eigenvalue weighted by Gasteiger charge is 2.10. The zero-order chi connectivity index (χ0) is 12.3. The molecule has 1 aromatic heterocycles. The second-order valence-corrected chi connectivity index (χ2v) is 4.70. The fourth-order valence-corrected chi connectivity index (χ4v) is 2.12. The van der Waals surface area contributed by atoms with E-state index in [1.54, 1.807) is 12.4 Å². The van der Waals surface area contributed by atoms with E-state index in [1.165, 1.54) is 0 Å². The van der Waals surface area contributed by atoms with Gasteiger partial charge in [-0.05, 0) is 25.1 Å². The minimum absolute atomic E-state index is 0.677. The predicted octanol–water partition coefficient (Wildman–Crippen LogP) is 3.99. The molecule has 0 bridgehead atoms. The summed E-state index contributed by atoms with van der Waals surface area (Å²) in [6, 6.07) is 5.61. The van der Waals surface area contributed by atoms with Gasteiger partial charge in [0.2, 0.25) is 0 Å². The van der Waals surface area contributed by atoms with Crippen molar-refractivity contribution in [2.75, 3.05) is 11.9 Å². The summed E-state index contributed by atoms with van der Waals surface area (Å²) in [5, 5.41) is 3.86. The molecular formula is C12H11BrClN3. The van der Waals surface area contributed by atoms with Crippen molar-refractivity contribution in [2.24, 2.45) is 0 Å². The molecule has 0 spiro atoms. The van der Waals surface area contributed by atoms with E-state index < -0.39 is 0 Å². The molecule has 0 saturated heterocycles. The second kappa shape index (κ2) is 5.47. The molecule has 0 atom stereocenters. The van der Waals surface area contributed by atoms with Gasteiger partial charge in [-0.2, -0.15) is 0 Å². The topological polar surface area (TPSA) is 37.8 Å². The highest BCUT2D eigenvalue weighted by Crippen LogP contribution is 2.32. The molecule has 0 amide bonds. The lowest BCUT2D eigenvalue weighted by Crippen LogP contribution is -2.02. The molecule has 17 heavy (non-hydrogen) atoms. The average molecular weight is 313 g/mol. The maximum absolute atomic E-state index is 6.01. The van der Waals surface area contributed by atoms with Crippen molar-refractivity contribution in [1.29, 1.82) is 0 Å². The molecular weight excluding hydrogens is 302 g/mol. The molecule has 2 aromatic rings. The van der Waals surface area contributed by atoms with Crippen LogP contribution >= 0.6 is 27.5 Å². The Morgan fingerprint density at radius 3 is 2.82 bits per heavy atom. The van der Waals surface area contributed by atoms with Crippen LogP contribution in [0.3, 0.4) is 0 Å². The minimum Gasteiger partial charge on any atom is -0.369 e. The van der Waals surface area contributed by atoms with Gasteiger partial charge in [-0.3, -0.25) is 4.98 Å². The van der Waals surface area contributed by atoms with Gasteiger partial charge in [0.1, 0.15) is 5.69 Å². The van der Waals surface area contributed by atoms with Gasteiger partial charge in [0.25, 0.3) is 0 Å². The Morgan fingerprint density at radius 2 is 2.06 bits per heavy atom. The Balaban J connectivity index is 2.55. The van der Waals surface area contributed by atoms with Crippen LogP contribution in [0.5, 0.6) is 0 Å². The molecule has 0 fully saturated rings. The molecule has 0 radical (unpaired) electrons. The van der Waals surface area contributed by atoms with Gasteiger partial charge in [-0.1, -0.05) is 27.5 Å². The van der Waals surface area contributed by atoms with Crippen LogP contribution in [0, 0.1) is 0 Å². The second-order valence-electron chi connectivity index (χ2n) is 3.41. The number of benzene rings is 1. The highest BCUT2D eigenvalue weighted by molar-refractivity contribution is 9.10. The van der Waals surface area contributed by atoms with Crippen molar-refractivity contribution < 1.29 is 0 Å². The monoisotopic (exact) mass is 311 g/mol. The predicted molar refractivity (Wildman–Crippen MR) is 74.3 cm³/mol. The molecule has 2 rings (SSSR count). The molecule has 3 nitrogen and oxygen atoms in total. The van der Waals surface area contributed by atoms with E-state index in [1.807, 2.05) is 25.1 Å². The first-order valence-electron chi connectivity index (χ1n) is 5.22. The number of rotatable bonds is 3. The summed E-state index contributed by atoms with van der Waals surface area (Å²) in [6.07, 6.45) is 3.34. The standard InChI is InChI=1S/C12H11BrClN3/c1-2-15-12-11(16-5-6-17-12)9-7-8(14)3-4-10(9)13/h3-7H,2H2,1H3,(H,15,17). The number of halogens is 2. The van der Waals surface area contributed by atoms with Crippen LogP contribution in [-0.2, 0) is 0 Å². The van der Waals surface area contributed by atoms with Crippen molar-refractivity contribution in [3.63, 3.8) is 0 Å². The van der Waals surface area contributed by atoms with E-state index in [2.05, 4.69) is 31.2 Å². The maximum Gasteiger partial charge on any atom is 0.152 e. The minimum atomic E-state index is 0.677. The van der Waals surface area contributed by atoms with Crippen molar-refractivity contribution in [2.45, 2.75) is 6.92 Å². The Morgan fingerprint density at radius 1 is 1.29 bits per heavy atom. The van der Waals surface area contributed by atoms with Gasteiger partial charge in [-0.25, -0.2) is 4.98 Å². The van der Waals surface area contributed by atoms with Gasteiger partial charge < -0.3 is 5.32 Å². The first kappa shape index (κ1) is 12.3. The molecule has 0 aliphatic rings. The number of nitrogens with one attached hydrogen (secondary N) is 1. The van der Waals surface area contributed by atoms with E-state index in [-0.39, 0.29) is 0 Å². The lowest BCUT2D eigenvalue weighted by Gasteiger charge is -2.10. The molecule has 1 aromatic carbocycles. The molecule has 0 aliphatic carbocycles. The summed E-state index contributed by atoms with van der Waals surface area (Å²) in [5.41, 5.74) is 1.73. The fourth-order valence-electron chi connectivity index (χ4n) is 1.51. The SMILES string of the molecule is CCNc1nccnc1-c1cc(Cl)ccc1Br. The lowest BCUT2D eigenvalue weighted by molar-refractivity contribution is 1.12. The fraction of sp³-hybridized carbons (Fsp3) is 0.167. The molecule has 0 unspecified atom stereocenters. The van der Waals surface area contributed by atoms with Crippen LogP contribution in [-0.4, -0.2) is 16.5 Å².